The number of ether oxygens (including phenoxy) is 3. The Kier molecular flexibility index (Phi) is 7.75. The molecule has 200 valence electrons. The summed E-state index contributed by atoms with van der Waals surface area (Å²) < 4.78 is 17.6. The van der Waals surface area contributed by atoms with E-state index in [0.29, 0.717) is 43.1 Å². The number of H-pyrrole nitrogens is 1. The molecule has 7 heteroatoms. The van der Waals surface area contributed by atoms with Gasteiger partial charge in [-0.2, -0.15) is 0 Å². The summed E-state index contributed by atoms with van der Waals surface area (Å²) in [5.74, 6) is 3.32. The number of nitrogens with zero attached hydrogens (tertiary/aromatic N) is 1. The van der Waals surface area contributed by atoms with Gasteiger partial charge in [-0.25, -0.2) is 4.98 Å². The molecular weight excluding hydrogens is 496 g/mol. The van der Waals surface area contributed by atoms with E-state index < -0.39 is 0 Å². The number of fused-ring (bicyclic) bond motifs is 3. The molecule has 2 aromatic carbocycles. The predicted octanol–water partition coefficient (Wildman–Crippen LogP) is 7.05. The van der Waals surface area contributed by atoms with Gasteiger partial charge >= 0.3 is 0 Å². The van der Waals surface area contributed by atoms with E-state index in [1.54, 1.807) is 11.3 Å². The van der Waals surface area contributed by atoms with Crippen LogP contribution in [-0.2, 0) is 12.8 Å². The van der Waals surface area contributed by atoms with Crippen molar-refractivity contribution in [2.24, 2.45) is 11.3 Å². The highest BCUT2D eigenvalue weighted by atomic mass is 32.1. The van der Waals surface area contributed by atoms with Crippen molar-refractivity contribution >= 4 is 21.6 Å². The van der Waals surface area contributed by atoms with E-state index in [2.05, 4.69) is 25.8 Å². The summed E-state index contributed by atoms with van der Waals surface area (Å²) in [6.45, 7) is 10.4. The maximum atomic E-state index is 13.2. The number of aromatic amines is 1. The van der Waals surface area contributed by atoms with Gasteiger partial charge in [-0.15, -0.1) is 11.3 Å². The van der Waals surface area contributed by atoms with E-state index in [-0.39, 0.29) is 11.0 Å². The largest absolute Gasteiger partial charge is 0.493 e. The Balaban J connectivity index is 1.32. The number of nitrogens with one attached hydrogen (secondary N) is 1. The number of hydrogen-bond acceptors (Lipinski definition) is 6. The number of benzene rings is 2. The molecule has 0 bridgehead atoms. The van der Waals surface area contributed by atoms with Crippen LogP contribution in [0.25, 0.3) is 21.6 Å². The van der Waals surface area contributed by atoms with Gasteiger partial charge < -0.3 is 19.2 Å². The summed E-state index contributed by atoms with van der Waals surface area (Å²) in [4.78, 5) is 23.3. The minimum absolute atomic E-state index is 0.0617. The zero-order valence-electron chi connectivity index (χ0n) is 22.6. The number of para-hydroxylation sites is 1. The second-order valence-electron chi connectivity index (χ2n) is 10.9. The molecular formula is C31H36N2O4S. The summed E-state index contributed by atoms with van der Waals surface area (Å²) in [5, 5.41) is 0.767. The Morgan fingerprint density at radius 1 is 1.03 bits per heavy atom. The van der Waals surface area contributed by atoms with Crippen LogP contribution in [0.3, 0.4) is 0 Å². The lowest BCUT2D eigenvalue weighted by Crippen LogP contribution is -2.26. The standard InChI is InChI=1S/C31H36N2O4S/c1-5-35-25-18-20(12-15-24(25)37-17-9-16-36-22-10-7-6-8-11-22)28-32-29(34)27-23-14-13-21(31(2,3)4)19-26(23)38-30(27)33-28/h6-8,10-12,15,18,21H,5,9,13-14,16-17,19H2,1-4H3,(H,32,33,34)/t21-/m1/s1. The summed E-state index contributed by atoms with van der Waals surface area (Å²) in [7, 11) is 0. The predicted molar refractivity (Wildman–Crippen MR) is 154 cm³/mol. The molecule has 0 aliphatic heterocycles. The van der Waals surface area contributed by atoms with Crippen LogP contribution in [0.1, 0.15) is 51.0 Å². The molecule has 1 aliphatic carbocycles. The first-order chi connectivity index (χ1) is 18.3. The molecule has 6 nitrogen and oxygen atoms in total. The van der Waals surface area contributed by atoms with Gasteiger partial charge in [0, 0.05) is 16.9 Å². The first-order valence-corrected chi connectivity index (χ1v) is 14.3. The first-order valence-electron chi connectivity index (χ1n) is 13.5. The number of hydrogen-bond donors (Lipinski definition) is 1. The average molecular weight is 533 g/mol. The van der Waals surface area contributed by atoms with Crippen molar-refractivity contribution in [3.05, 3.63) is 69.3 Å². The number of aromatic nitrogens is 2. The zero-order chi connectivity index (χ0) is 26.7. The Bertz CT molecular complexity index is 1450. The van der Waals surface area contributed by atoms with Gasteiger partial charge in [0.2, 0.25) is 0 Å². The topological polar surface area (TPSA) is 73.4 Å². The summed E-state index contributed by atoms with van der Waals surface area (Å²) in [6, 6.07) is 15.5. The molecule has 0 saturated carbocycles. The molecule has 0 amide bonds. The zero-order valence-corrected chi connectivity index (χ0v) is 23.5. The van der Waals surface area contributed by atoms with E-state index in [1.165, 1.54) is 10.4 Å². The van der Waals surface area contributed by atoms with Crippen molar-refractivity contribution in [1.29, 1.82) is 0 Å². The number of thiophene rings is 1. The Morgan fingerprint density at radius 2 is 1.82 bits per heavy atom. The quantitative estimate of drug-likeness (QED) is 0.234. The minimum atomic E-state index is -0.0617. The maximum absolute atomic E-state index is 13.2. The molecule has 0 spiro atoms. The number of aryl methyl sites for hydroxylation is 1. The van der Waals surface area contributed by atoms with Gasteiger partial charge in [0.1, 0.15) is 16.4 Å². The monoisotopic (exact) mass is 532 g/mol. The van der Waals surface area contributed by atoms with Crippen molar-refractivity contribution in [3.63, 3.8) is 0 Å². The molecule has 4 aromatic rings. The van der Waals surface area contributed by atoms with Gasteiger partial charge in [0.15, 0.2) is 11.5 Å². The van der Waals surface area contributed by atoms with Gasteiger partial charge in [0.25, 0.3) is 5.56 Å². The highest BCUT2D eigenvalue weighted by Gasteiger charge is 2.31. The van der Waals surface area contributed by atoms with Gasteiger partial charge in [-0.05, 0) is 73.4 Å². The van der Waals surface area contributed by atoms with Crippen LogP contribution >= 0.6 is 11.3 Å². The highest BCUT2D eigenvalue weighted by molar-refractivity contribution is 7.18. The van der Waals surface area contributed by atoms with Crippen LogP contribution in [-0.4, -0.2) is 29.8 Å². The maximum Gasteiger partial charge on any atom is 0.260 e. The second kappa shape index (κ2) is 11.2. The fourth-order valence-corrected chi connectivity index (χ4v) is 6.35. The molecule has 0 radical (unpaired) electrons. The fourth-order valence-electron chi connectivity index (χ4n) is 5.05. The number of rotatable bonds is 9. The lowest BCUT2D eigenvalue weighted by atomic mass is 9.72. The molecule has 0 fully saturated rings. The van der Waals surface area contributed by atoms with E-state index in [1.807, 2.05) is 55.5 Å². The smallest absolute Gasteiger partial charge is 0.260 e. The lowest BCUT2D eigenvalue weighted by molar-refractivity contribution is 0.218. The molecule has 5 rings (SSSR count). The third-order valence-electron chi connectivity index (χ3n) is 7.22. The van der Waals surface area contributed by atoms with Gasteiger partial charge in [-0.1, -0.05) is 39.0 Å². The lowest BCUT2D eigenvalue weighted by Gasteiger charge is -2.33. The molecule has 38 heavy (non-hydrogen) atoms. The normalized spacial score (nSPS) is 15.3. The molecule has 0 saturated heterocycles. The van der Waals surface area contributed by atoms with Crippen LogP contribution in [0.5, 0.6) is 17.2 Å². The minimum Gasteiger partial charge on any atom is -0.493 e. The van der Waals surface area contributed by atoms with Crippen LogP contribution in [0.2, 0.25) is 0 Å². The molecule has 2 heterocycles. The van der Waals surface area contributed by atoms with E-state index in [0.717, 1.165) is 47.2 Å². The van der Waals surface area contributed by atoms with Crippen LogP contribution in [0, 0.1) is 11.3 Å². The summed E-state index contributed by atoms with van der Waals surface area (Å²) >= 11 is 1.68. The molecule has 1 N–H and O–H groups in total. The third-order valence-corrected chi connectivity index (χ3v) is 8.37. The van der Waals surface area contributed by atoms with Crippen molar-refractivity contribution < 1.29 is 14.2 Å². The fraction of sp³-hybridized carbons (Fsp3) is 0.419. The highest BCUT2D eigenvalue weighted by Crippen LogP contribution is 2.42. The van der Waals surface area contributed by atoms with Gasteiger partial charge in [0.05, 0.1) is 25.2 Å². The van der Waals surface area contributed by atoms with Crippen LogP contribution in [0.4, 0.5) is 0 Å². The summed E-state index contributed by atoms with van der Waals surface area (Å²) in [6.07, 6.45) is 3.82. The molecule has 2 aromatic heterocycles. The Morgan fingerprint density at radius 3 is 2.58 bits per heavy atom. The van der Waals surface area contributed by atoms with Crippen molar-refractivity contribution in [3.8, 4) is 28.6 Å². The van der Waals surface area contributed by atoms with Crippen LogP contribution in [0.15, 0.2) is 53.3 Å². The Hall–Kier alpha value is -3.32. The van der Waals surface area contributed by atoms with Crippen molar-refractivity contribution in [2.75, 3.05) is 19.8 Å². The van der Waals surface area contributed by atoms with Crippen molar-refractivity contribution in [1.82, 2.24) is 9.97 Å². The van der Waals surface area contributed by atoms with E-state index in [9.17, 15) is 4.79 Å². The molecule has 0 unspecified atom stereocenters. The van der Waals surface area contributed by atoms with Crippen molar-refractivity contribution in [2.45, 2.75) is 53.4 Å². The second-order valence-corrected chi connectivity index (χ2v) is 11.9. The summed E-state index contributed by atoms with van der Waals surface area (Å²) in [5.41, 5.74) is 2.19. The molecule has 1 aliphatic rings. The third kappa shape index (κ3) is 5.73. The van der Waals surface area contributed by atoms with E-state index >= 15 is 0 Å². The SMILES string of the molecule is CCOc1cc(-c2nc3sc4c(c3c(=O)[nH]2)CC[C@@H](C(C)(C)C)C4)ccc1OCCCOc1ccccc1. The first kappa shape index (κ1) is 26.3. The van der Waals surface area contributed by atoms with E-state index in [4.69, 9.17) is 19.2 Å². The van der Waals surface area contributed by atoms with Crippen LogP contribution < -0.4 is 19.8 Å². The Labute approximate surface area is 228 Å². The molecule has 1 atom stereocenters. The average Bonchev–Trinajstić information content (AvgIpc) is 3.28. The van der Waals surface area contributed by atoms with Gasteiger partial charge in [-0.3, -0.25) is 4.79 Å².